The van der Waals surface area contributed by atoms with Gasteiger partial charge in [-0.25, -0.2) is 0 Å². The number of amides is 1. The SMILES string of the molecule is CC/C=C\C/C=C\C/C=C\C/C=C\CCCCCCCCCCCCCCCCCCCCCCCCCCC(=O)NC(COC1OC(CO)C(OC2OC(CO)C(O)C(O)C2O)C(O)C1O)C(O)/C=C/CC/C=C/CC/C=C/CCCCCCCCCCCCCCCC. The first-order valence-corrected chi connectivity index (χ1v) is 39.3. The van der Waals surface area contributed by atoms with Crippen LogP contribution >= 0.6 is 0 Å². The van der Waals surface area contributed by atoms with E-state index in [9.17, 15) is 45.6 Å². The second-order valence-electron chi connectivity index (χ2n) is 27.4. The first-order chi connectivity index (χ1) is 46.6. The molecule has 2 rings (SSSR count). The summed E-state index contributed by atoms with van der Waals surface area (Å²) in [5.74, 6) is -0.249. The molecule has 1 amide bonds. The minimum absolute atomic E-state index is 0.249. The third kappa shape index (κ3) is 47.8. The van der Waals surface area contributed by atoms with Crippen molar-refractivity contribution in [2.75, 3.05) is 19.8 Å². The number of nitrogens with one attached hydrogen (secondary N) is 1. The Bertz CT molecular complexity index is 1920. The van der Waals surface area contributed by atoms with Crippen LogP contribution in [0.3, 0.4) is 0 Å². The summed E-state index contributed by atoms with van der Waals surface area (Å²) >= 11 is 0. The van der Waals surface area contributed by atoms with Gasteiger partial charge in [0.2, 0.25) is 5.91 Å². The summed E-state index contributed by atoms with van der Waals surface area (Å²) in [5, 5.41) is 87.6. The van der Waals surface area contributed by atoms with Crippen LogP contribution < -0.4 is 5.32 Å². The van der Waals surface area contributed by atoms with E-state index in [2.05, 4.69) is 92.1 Å². The molecular weight excluding hydrogens is 1190 g/mol. The molecule has 0 saturated carbocycles. The highest BCUT2D eigenvalue weighted by atomic mass is 16.7. The number of aliphatic hydroxyl groups excluding tert-OH is 8. The third-order valence-corrected chi connectivity index (χ3v) is 18.8. The molecule has 0 aliphatic carbocycles. The lowest BCUT2D eigenvalue weighted by Gasteiger charge is -2.46. The van der Waals surface area contributed by atoms with Crippen molar-refractivity contribution in [1.82, 2.24) is 5.32 Å². The van der Waals surface area contributed by atoms with Gasteiger partial charge in [0.15, 0.2) is 12.6 Å². The fourth-order valence-electron chi connectivity index (χ4n) is 12.6. The first kappa shape index (κ1) is 88.3. The van der Waals surface area contributed by atoms with Crippen LogP contribution in [-0.2, 0) is 23.7 Å². The van der Waals surface area contributed by atoms with Crippen LogP contribution in [0.1, 0.15) is 328 Å². The maximum absolute atomic E-state index is 13.4. The molecule has 14 nitrogen and oxygen atoms in total. The molecule has 14 heteroatoms. The Kier molecular flexibility index (Phi) is 60.0. The standard InChI is InChI=1S/C81H145NO13/c1-3-5-7-9-11-13-15-17-19-21-23-25-27-29-30-31-32-33-34-35-36-37-38-39-40-41-43-45-47-49-51-53-55-57-59-61-63-65-73(86)82-69(68-92-80-78(91)76(89)79(72(67-84)94-80)95-81-77(90)75(88)74(87)71(66-83)93-81)70(85)64-62-60-58-56-54-52-50-48-46-44-42-28-26-24-22-20-18-16-14-12-10-8-6-4-2/h5,7,11,13,17,19,23,25,46,48,54,56,62,64,69-72,74-81,83-85,87-91H,3-4,6,8-10,12,14-16,18,20-22,24,26-45,47,49-53,55,57-61,63,65-68H2,1-2H3,(H,82,86)/b7-5-,13-11-,19-17-,25-23-,48-46+,56-54+,64-62+. The molecule has 0 radical (unpaired) electrons. The van der Waals surface area contributed by atoms with Crippen molar-refractivity contribution < 1.29 is 64.6 Å². The highest BCUT2D eigenvalue weighted by Gasteiger charge is 2.51. The van der Waals surface area contributed by atoms with Gasteiger partial charge in [-0.15, -0.1) is 0 Å². The van der Waals surface area contributed by atoms with Crippen LogP contribution in [0.2, 0.25) is 0 Å². The topological polar surface area (TPSA) is 228 Å². The van der Waals surface area contributed by atoms with Gasteiger partial charge >= 0.3 is 0 Å². The van der Waals surface area contributed by atoms with Crippen molar-refractivity contribution in [3.8, 4) is 0 Å². The van der Waals surface area contributed by atoms with E-state index in [0.717, 1.165) is 70.6 Å². The van der Waals surface area contributed by atoms with Crippen molar-refractivity contribution in [3.05, 3.63) is 85.1 Å². The van der Waals surface area contributed by atoms with Crippen LogP contribution in [0.25, 0.3) is 0 Å². The summed E-state index contributed by atoms with van der Waals surface area (Å²) in [6.45, 7) is 2.70. The van der Waals surface area contributed by atoms with Crippen molar-refractivity contribution in [2.45, 2.75) is 402 Å². The molecule has 0 spiro atoms. The molecule has 12 atom stereocenters. The van der Waals surface area contributed by atoms with E-state index >= 15 is 0 Å². The molecule has 2 heterocycles. The predicted molar refractivity (Wildman–Crippen MR) is 392 cm³/mol. The van der Waals surface area contributed by atoms with E-state index in [-0.39, 0.29) is 18.9 Å². The van der Waals surface area contributed by atoms with Crippen LogP contribution in [0.5, 0.6) is 0 Å². The number of hydrogen-bond acceptors (Lipinski definition) is 13. The van der Waals surface area contributed by atoms with Crippen molar-refractivity contribution in [2.24, 2.45) is 0 Å². The predicted octanol–water partition coefficient (Wildman–Crippen LogP) is 17.5. The summed E-state index contributed by atoms with van der Waals surface area (Å²) in [7, 11) is 0. The van der Waals surface area contributed by atoms with E-state index in [1.165, 1.54) is 225 Å². The molecule has 0 aromatic rings. The Hall–Kier alpha value is -2.83. The number of unbranched alkanes of at least 4 members (excludes halogenated alkanes) is 40. The molecule has 0 bridgehead atoms. The second kappa shape index (κ2) is 64.5. The van der Waals surface area contributed by atoms with E-state index in [1.807, 2.05) is 6.08 Å². The lowest BCUT2D eigenvalue weighted by atomic mass is 9.97. The highest BCUT2D eigenvalue weighted by molar-refractivity contribution is 5.76. The van der Waals surface area contributed by atoms with Gasteiger partial charge in [0.1, 0.15) is 48.8 Å². The third-order valence-electron chi connectivity index (χ3n) is 18.8. The normalized spacial score (nSPS) is 22.8. The van der Waals surface area contributed by atoms with Gasteiger partial charge in [0.05, 0.1) is 32.0 Å². The lowest BCUT2D eigenvalue weighted by molar-refractivity contribution is -0.359. The minimum Gasteiger partial charge on any atom is -0.394 e. The Morgan fingerprint density at radius 2 is 0.737 bits per heavy atom. The Balaban J connectivity index is 1.61. The molecule has 2 aliphatic heterocycles. The van der Waals surface area contributed by atoms with E-state index in [1.54, 1.807) is 6.08 Å². The van der Waals surface area contributed by atoms with Crippen LogP contribution in [0, 0.1) is 0 Å². The van der Waals surface area contributed by atoms with Gasteiger partial charge in [0.25, 0.3) is 0 Å². The largest absolute Gasteiger partial charge is 0.394 e. The average molecular weight is 1340 g/mol. The zero-order valence-corrected chi connectivity index (χ0v) is 60.4. The quantitative estimate of drug-likeness (QED) is 0.0204. The highest BCUT2D eigenvalue weighted by Crippen LogP contribution is 2.30. The van der Waals surface area contributed by atoms with Crippen molar-refractivity contribution in [3.63, 3.8) is 0 Å². The second-order valence-corrected chi connectivity index (χ2v) is 27.4. The zero-order chi connectivity index (χ0) is 68.7. The number of carbonyl (C=O) groups excluding carboxylic acids is 1. The molecule has 9 N–H and O–H groups in total. The number of rotatable bonds is 65. The minimum atomic E-state index is -1.80. The monoisotopic (exact) mass is 1340 g/mol. The molecular formula is C81H145NO13. The summed E-state index contributed by atoms with van der Waals surface area (Å²) in [6.07, 6.45) is 73.8. The van der Waals surface area contributed by atoms with E-state index < -0.39 is 86.8 Å². The van der Waals surface area contributed by atoms with Crippen LogP contribution in [0.4, 0.5) is 0 Å². The van der Waals surface area contributed by atoms with Gasteiger partial charge in [-0.1, -0.05) is 324 Å². The maximum Gasteiger partial charge on any atom is 0.220 e. The van der Waals surface area contributed by atoms with Gasteiger partial charge in [-0.3, -0.25) is 4.79 Å². The van der Waals surface area contributed by atoms with Crippen LogP contribution in [-0.4, -0.2) is 140 Å². The average Bonchev–Trinajstić information content (AvgIpc) is 0.927. The summed E-state index contributed by atoms with van der Waals surface area (Å²) in [6, 6.07) is -0.941. The van der Waals surface area contributed by atoms with E-state index in [0.29, 0.717) is 12.8 Å². The molecule has 2 saturated heterocycles. The number of hydrogen-bond donors (Lipinski definition) is 9. The van der Waals surface area contributed by atoms with Crippen molar-refractivity contribution in [1.29, 1.82) is 0 Å². The summed E-state index contributed by atoms with van der Waals surface area (Å²) in [5.41, 5.74) is 0. The molecule has 2 fully saturated rings. The Labute approximate surface area is 580 Å². The molecule has 0 aromatic carbocycles. The molecule has 12 unspecified atom stereocenters. The van der Waals surface area contributed by atoms with Gasteiger partial charge in [-0.05, 0) is 83.5 Å². The zero-order valence-electron chi connectivity index (χ0n) is 60.4. The molecule has 2 aliphatic rings. The van der Waals surface area contributed by atoms with Gasteiger partial charge in [0, 0.05) is 6.42 Å². The smallest absolute Gasteiger partial charge is 0.220 e. The molecule has 552 valence electrons. The lowest BCUT2D eigenvalue weighted by Crippen LogP contribution is -2.65. The number of carbonyl (C=O) groups is 1. The van der Waals surface area contributed by atoms with E-state index in [4.69, 9.17) is 18.9 Å². The van der Waals surface area contributed by atoms with Crippen molar-refractivity contribution >= 4 is 5.91 Å². The fraction of sp³-hybridized carbons (Fsp3) is 0.815. The fourth-order valence-corrected chi connectivity index (χ4v) is 12.6. The maximum atomic E-state index is 13.4. The first-order valence-electron chi connectivity index (χ1n) is 39.3. The number of ether oxygens (including phenoxy) is 4. The molecule has 95 heavy (non-hydrogen) atoms. The Morgan fingerprint density at radius 3 is 1.16 bits per heavy atom. The van der Waals surface area contributed by atoms with Crippen LogP contribution in [0.15, 0.2) is 85.1 Å². The van der Waals surface area contributed by atoms with Gasteiger partial charge in [-0.2, -0.15) is 0 Å². The number of allylic oxidation sites excluding steroid dienone is 13. The molecule has 0 aromatic heterocycles. The summed E-state index contributed by atoms with van der Waals surface area (Å²) in [4.78, 5) is 13.4. The number of aliphatic hydroxyl groups is 8. The van der Waals surface area contributed by atoms with Gasteiger partial charge < -0.3 is 65.1 Å². The summed E-state index contributed by atoms with van der Waals surface area (Å²) < 4.78 is 22.9. The Morgan fingerprint density at radius 1 is 0.389 bits per heavy atom.